The van der Waals surface area contributed by atoms with Crippen LogP contribution in [0.15, 0.2) is 53.1 Å². The third kappa shape index (κ3) is 2.95. The second-order valence-electron chi connectivity index (χ2n) is 3.73. The average molecular weight is 218 g/mol. The number of aliphatic hydroxyl groups excluding tert-OH is 1. The Morgan fingerprint density at radius 2 is 1.94 bits per heavy atom. The van der Waals surface area contributed by atoms with E-state index >= 15 is 0 Å². The summed E-state index contributed by atoms with van der Waals surface area (Å²) >= 11 is 0. The Balaban J connectivity index is 1.78. The molecular weight excluding hydrogens is 202 g/mol. The molecule has 16 heavy (non-hydrogen) atoms. The highest BCUT2D eigenvalue weighted by atomic mass is 16.3. The Bertz CT molecular complexity index is 397. The van der Waals surface area contributed by atoms with Crippen molar-refractivity contribution in [2.24, 2.45) is 0 Å². The van der Waals surface area contributed by atoms with E-state index in [2.05, 4.69) is 0 Å². The first-order valence-electron chi connectivity index (χ1n) is 5.43. The molecule has 0 bridgehead atoms. The number of furan rings is 1. The molecule has 1 atom stereocenters. The summed E-state index contributed by atoms with van der Waals surface area (Å²) in [6.07, 6.45) is 1.24. The van der Waals surface area contributed by atoms with Gasteiger partial charge in [-0.2, -0.15) is 0 Å². The quantitative estimate of drug-likeness (QED) is 0.789. The van der Waals surface area contributed by atoms with Crippen LogP contribution in [0.1, 0.15) is 17.4 Å². The zero-order valence-electron chi connectivity index (χ0n) is 9.04. The third-order valence-corrected chi connectivity index (χ3v) is 2.50. The molecule has 2 rings (SSSR count). The van der Waals surface area contributed by atoms with E-state index in [4.69, 9.17) is 4.42 Å². The predicted octanol–water partition coefficient (Wildman–Crippen LogP) is 1.08. The van der Waals surface area contributed by atoms with Crippen LogP contribution in [-0.4, -0.2) is 11.7 Å². The van der Waals surface area contributed by atoms with Crippen molar-refractivity contribution in [2.75, 3.05) is 6.54 Å². The molecule has 3 nitrogen and oxygen atoms in total. The number of hydrogen-bond donors (Lipinski definition) is 2. The first kappa shape index (κ1) is 10.9. The van der Waals surface area contributed by atoms with Crippen molar-refractivity contribution in [2.45, 2.75) is 12.6 Å². The van der Waals surface area contributed by atoms with E-state index in [0.29, 0.717) is 6.54 Å². The Labute approximate surface area is 94.7 Å². The van der Waals surface area contributed by atoms with Gasteiger partial charge in [-0.05, 0) is 17.7 Å². The lowest BCUT2D eigenvalue weighted by Crippen LogP contribution is -2.83. The van der Waals surface area contributed by atoms with Gasteiger partial charge < -0.3 is 14.8 Å². The summed E-state index contributed by atoms with van der Waals surface area (Å²) in [6.45, 7) is 1.40. The highest BCUT2D eigenvalue weighted by molar-refractivity contribution is 5.16. The molecule has 0 saturated heterocycles. The van der Waals surface area contributed by atoms with Crippen molar-refractivity contribution in [3.8, 4) is 0 Å². The van der Waals surface area contributed by atoms with Gasteiger partial charge in [-0.1, -0.05) is 30.3 Å². The van der Waals surface area contributed by atoms with Crippen molar-refractivity contribution in [1.29, 1.82) is 0 Å². The molecule has 1 aromatic carbocycles. The Morgan fingerprint density at radius 1 is 1.12 bits per heavy atom. The van der Waals surface area contributed by atoms with Crippen molar-refractivity contribution < 1.29 is 14.8 Å². The smallest absolute Gasteiger partial charge is 0.157 e. The summed E-state index contributed by atoms with van der Waals surface area (Å²) in [6, 6.07) is 13.5. The van der Waals surface area contributed by atoms with Gasteiger partial charge in [-0.3, -0.25) is 0 Å². The third-order valence-electron chi connectivity index (χ3n) is 2.50. The van der Waals surface area contributed by atoms with Crippen molar-refractivity contribution >= 4 is 0 Å². The molecule has 0 spiro atoms. The van der Waals surface area contributed by atoms with Crippen LogP contribution in [0.25, 0.3) is 0 Å². The van der Waals surface area contributed by atoms with Crippen molar-refractivity contribution in [3.05, 3.63) is 60.1 Å². The van der Waals surface area contributed by atoms with Gasteiger partial charge in [0, 0.05) is 0 Å². The molecule has 1 heterocycles. The van der Waals surface area contributed by atoms with Gasteiger partial charge in [-0.25, -0.2) is 0 Å². The molecule has 84 valence electrons. The minimum Gasteiger partial charge on any atom is -0.463 e. The summed E-state index contributed by atoms with van der Waals surface area (Å²) in [5, 5.41) is 11.9. The summed E-state index contributed by atoms with van der Waals surface area (Å²) in [7, 11) is 0. The standard InChI is InChI=1S/C13H15NO2/c15-13(11-5-2-1-3-6-11)10-14-9-12-7-4-8-16-12/h1-8,13-15H,9-10H2/p+1. The summed E-state index contributed by atoms with van der Waals surface area (Å²) in [5.41, 5.74) is 0.957. The Kier molecular flexibility index (Phi) is 3.75. The summed E-state index contributed by atoms with van der Waals surface area (Å²) in [5.74, 6) is 0.931. The minimum atomic E-state index is -0.420. The first-order valence-corrected chi connectivity index (χ1v) is 5.43. The zero-order valence-corrected chi connectivity index (χ0v) is 9.04. The van der Waals surface area contributed by atoms with Crippen LogP contribution in [-0.2, 0) is 6.54 Å². The molecule has 3 N–H and O–H groups in total. The molecule has 0 fully saturated rings. The van der Waals surface area contributed by atoms with Crippen LogP contribution in [0, 0.1) is 0 Å². The summed E-state index contributed by atoms with van der Waals surface area (Å²) in [4.78, 5) is 0. The zero-order chi connectivity index (χ0) is 11.2. The maximum atomic E-state index is 9.89. The second-order valence-corrected chi connectivity index (χ2v) is 3.73. The molecule has 0 aliphatic carbocycles. The topological polar surface area (TPSA) is 50.0 Å². The predicted molar refractivity (Wildman–Crippen MR) is 60.6 cm³/mol. The molecule has 0 saturated carbocycles. The molecular formula is C13H16NO2+. The second kappa shape index (κ2) is 5.49. The lowest BCUT2D eigenvalue weighted by Gasteiger charge is -2.08. The number of benzene rings is 1. The van der Waals surface area contributed by atoms with E-state index in [1.165, 1.54) is 0 Å². The van der Waals surface area contributed by atoms with Gasteiger partial charge in [0.1, 0.15) is 19.2 Å². The molecule has 1 aromatic heterocycles. The number of quaternary nitrogens is 1. The highest BCUT2D eigenvalue weighted by Gasteiger charge is 2.08. The van der Waals surface area contributed by atoms with Gasteiger partial charge in [0.2, 0.25) is 0 Å². The lowest BCUT2D eigenvalue weighted by molar-refractivity contribution is -0.679. The van der Waals surface area contributed by atoms with E-state index in [9.17, 15) is 5.11 Å². The van der Waals surface area contributed by atoms with Crippen LogP contribution in [0.5, 0.6) is 0 Å². The average Bonchev–Trinajstić information content (AvgIpc) is 2.83. The summed E-state index contributed by atoms with van der Waals surface area (Å²) < 4.78 is 5.21. The van der Waals surface area contributed by atoms with Crippen LogP contribution in [0.2, 0.25) is 0 Å². The first-order chi connectivity index (χ1) is 7.86. The van der Waals surface area contributed by atoms with Gasteiger partial charge in [0.15, 0.2) is 5.76 Å². The molecule has 3 heteroatoms. The molecule has 0 amide bonds. The van der Waals surface area contributed by atoms with Gasteiger partial charge in [0.25, 0.3) is 0 Å². The molecule has 2 aromatic rings. The largest absolute Gasteiger partial charge is 0.463 e. The van der Waals surface area contributed by atoms with Crippen LogP contribution >= 0.6 is 0 Å². The maximum Gasteiger partial charge on any atom is 0.157 e. The van der Waals surface area contributed by atoms with Gasteiger partial charge >= 0.3 is 0 Å². The molecule has 0 aliphatic rings. The van der Waals surface area contributed by atoms with Crippen molar-refractivity contribution in [1.82, 2.24) is 0 Å². The fourth-order valence-electron chi connectivity index (χ4n) is 1.62. The Hall–Kier alpha value is -1.58. The molecule has 1 unspecified atom stereocenters. The van der Waals surface area contributed by atoms with Crippen LogP contribution in [0.4, 0.5) is 0 Å². The Morgan fingerprint density at radius 3 is 2.62 bits per heavy atom. The van der Waals surface area contributed by atoms with Gasteiger partial charge in [-0.15, -0.1) is 0 Å². The number of rotatable bonds is 5. The molecule has 0 radical (unpaired) electrons. The van der Waals surface area contributed by atoms with E-state index in [1.54, 1.807) is 6.26 Å². The minimum absolute atomic E-state index is 0.420. The lowest BCUT2D eigenvalue weighted by atomic mass is 10.1. The maximum absolute atomic E-state index is 9.89. The van der Waals surface area contributed by atoms with Crippen LogP contribution < -0.4 is 5.32 Å². The van der Waals surface area contributed by atoms with E-state index in [1.807, 2.05) is 47.8 Å². The molecule has 0 aliphatic heterocycles. The fourth-order valence-corrected chi connectivity index (χ4v) is 1.62. The van der Waals surface area contributed by atoms with Crippen molar-refractivity contribution in [3.63, 3.8) is 0 Å². The van der Waals surface area contributed by atoms with E-state index in [0.717, 1.165) is 17.9 Å². The fraction of sp³-hybridized carbons (Fsp3) is 0.231. The number of nitrogens with two attached hydrogens (primary N) is 1. The number of hydrogen-bond acceptors (Lipinski definition) is 2. The van der Waals surface area contributed by atoms with E-state index in [-0.39, 0.29) is 0 Å². The SMILES string of the molecule is OC(C[NH2+]Cc1ccco1)c1ccccc1. The van der Waals surface area contributed by atoms with Gasteiger partial charge in [0.05, 0.1) is 6.26 Å². The highest BCUT2D eigenvalue weighted by Crippen LogP contribution is 2.09. The monoisotopic (exact) mass is 218 g/mol. The normalized spacial score (nSPS) is 12.6. The van der Waals surface area contributed by atoms with E-state index < -0.39 is 6.10 Å². The number of aliphatic hydroxyl groups is 1. The van der Waals surface area contributed by atoms with Crippen LogP contribution in [0.3, 0.4) is 0 Å².